The molecule has 1 fully saturated rings. The van der Waals surface area contributed by atoms with Crippen LogP contribution in [0.1, 0.15) is 44.2 Å². The normalized spacial score (nSPS) is 19.1. The lowest BCUT2D eigenvalue weighted by atomic mass is 9.91. The molecule has 5 rings (SSSR count). The van der Waals surface area contributed by atoms with Crippen LogP contribution < -0.4 is 4.72 Å². The second kappa shape index (κ2) is 9.03. The highest BCUT2D eigenvalue weighted by Crippen LogP contribution is 2.32. The topological polar surface area (TPSA) is 89.8 Å². The van der Waals surface area contributed by atoms with Gasteiger partial charge in [-0.2, -0.15) is 0 Å². The van der Waals surface area contributed by atoms with E-state index in [1.165, 1.54) is 0 Å². The number of rotatable bonds is 6. The Hall–Kier alpha value is -3.10. The molecule has 0 aliphatic heterocycles. The summed E-state index contributed by atoms with van der Waals surface area (Å²) in [4.78, 5) is 4.90. The van der Waals surface area contributed by atoms with Gasteiger partial charge in [-0.1, -0.05) is 37.3 Å². The van der Waals surface area contributed by atoms with Gasteiger partial charge in [-0.15, -0.1) is 10.2 Å². The summed E-state index contributed by atoms with van der Waals surface area (Å²) >= 11 is 0. The minimum absolute atomic E-state index is 0.109. The molecule has 33 heavy (non-hydrogen) atoms. The highest BCUT2D eigenvalue weighted by molar-refractivity contribution is 7.89. The fourth-order valence-electron chi connectivity index (χ4n) is 4.84. The minimum atomic E-state index is -3.64. The van der Waals surface area contributed by atoms with Crippen molar-refractivity contribution in [3.05, 3.63) is 72.9 Å². The number of nitrogens with one attached hydrogen (secondary N) is 1. The van der Waals surface area contributed by atoms with Crippen LogP contribution in [-0.2, 0) is 16.4 Å². The lowest BCUT2D eigenvalue weighted by Gasteiger charge is -2.30. The van der Waals surface area contributed by atoms with Crippen molar-refractivity contribution in [1.29, 1.82) is 0 Å². The van der Waals surface area contributed by atoms with Crippen molar-refractivity contribution in [2.75, 3.05) is 0 Å². The molecule has 170 valence electrons. The average Bonchev–Trinajstić information content (AvgIpc) is 3.38. The van der Waals surface area contributed by atoms with Gasteiger partial charge >= 0.3 is 0 Å². The molecule has 1 aliphatic rings. The smallest absolute Gasteiger partial charge is 0.241 e. The van der Waals surface area contributed by atoms with E-state index in [0.29, 0.717) is 11.3 Å². The summed E-state index contributed by atoms with van der Waals surface area (Å²) in [5, 5.41) is 8.84. The number of sulfonamides is 1. The number of para-hydroxylation sites is 1. The van der Waals surface area contributed by atoms with Crippen LogP contribution in [0.25, 0.3) is 22.0 Å². The number of nitrogens with zero attached hydrogens (tertiary/aromatic N) is 4. The molecular weight excluding hydrogens is 434 g/mol. The fourth-order valence-corrected chi connectivity index (χ4v) is 6.42. The number of hydrogen-bond donors (Lipinski definition) is 1. The van der Waals surface area contributed by atoms with E-state index in [-0.39, 0.29) is 12.1 Å². The van der Waals surface area contributed by atoms with E-state index in [1.807, 2.05) is 54.0 Å². The van der Waals surface area contributed by atoms with Crippen molar-refractivity contribution >= 4 is 20.9 Å². The predicted molar refractivity (Wildman–Crippen MR) is 128 cm³/mol. The summed E-state index contributed by atoms with van der Waals surface area (Å²) < 4.78 is 31.7. The summed E-state index contributed by atoms with van der Waals surface area (Å²) in [6.45, 7) is 1.99. The molecule has 8 heteroatoms. The number of hydrogen-bond acceptors (Lipinski definition) is 5. The number of pyridine rings is 1. The van der Waals surface area contributed by atoms with Crippen molar-refractivity contribution in [2.24, 2.45) is 0 Å². The van der Waals surface area contributed by atoms with E-state index in [0.717, 1.165) is 53.3 Å². The van der Waals surface area contributed by atoms with Gasteiger partial charge in [0.15, 0.2) is 0 Å². The van der Waals surface area contributed by atoms with E-state index in [9.17, 15) is 8.42 Å². The van der Waals surface area contributed by atoms with Crippen LogP contribution >= 0.6 is 0 Å². The maximum absolute atomic E-state index is 13.4. The van der Waals surface area contributed by atoms with Crippen LogP contribution in [0.3, 0.4) is 0 Å². The van der Waals surface area contributed by atoms with E-state index in [1.54, 1.807) is 24.9 Å². The molecule has 7 nitrogen and oxygen atoms in total. The van der Waals surface area contributed by atoms with Crippen LogP contribution in [0.5, 0.6) is 0 Å². The van der Waals surface area contributed by atoms with Crippen LogP contribution in [0, 0.1) is 0 Å². The summed E-state index contributed by atoms with van der Waals surface area (Å²) in [6.07, 6.45) is 9.35. The number of aryl methyl sites for hydroxylation is 1. The Balaban J connectivity index is 1.42. The van der Waals surface area contributed by atoms with Crippen molar-refractivity contribution in [1.82, 2.24) is 24.5 Å². The van der Waals surface area contributed by atoms with Gasteiger partial charge in [0, 0.05) is 29.2 Å². The Morgan fingerprint density at radius 2 is 1.88 bits per heavy atom. The SMILES string of the molecule is CCc1cc(-c2cccc3cccnc23)ccc1S(=O)(=O)NC1CCCC(n2cnnc2)C1. The Morgan fingerprint density at radius 1 is 1.06 bits per heavy atom. The summed E-state index contributed by atoms with van der Waals surface area (Å²) in [5.74, 6) is 0. The van der Waals surface area contributed by atoms with Crippen LogP contribution in [-0.4, -0.2) is 34.2 Å². The molecule has 0 amide bonds. The van der Waals surface area contributed by atoms with Crippen LogP contribution in [0.4, 0.5) is 0 Å². The maximum Gasteiger partial charge on any atom is 0.241 e. The lowest BCUT2D eigenvalue weighted by molar-refractivity contribution is 0.305. The van der Waals surface area contributed by atoms with Crippen LogP contribution in [0.2, 0.25) is 0 Å². The number of aromatic nitrogens is 4. The monoisotopic (exact) mass is 461 g/mol. The third-order valence-corrected chi connectivity index (χ3v) is 8.12. The summed E-state index contributed by atoms with van der Waals surface area (Å²) in [6, 6.07) is 15.7. The molecule has 0 spiro atoms. The molecule has 2 aromatic carbocycles. The summed E-state index contributed by atoms with van der Waals surface area (Å²) in [5.41, 5.74) is 3.70. The molecule has 1 saturated carbocycles. The molecule has 4 aromatic rings. The predicted octanol–water partition coefficient (Wildman–Crippen LogP) is 4.52. The second-order valence-corrected chi connectivity index (χ2v) is 10.3. The molecular formula is C25H27N5O2S. The van der Waals surface area contributed by atoms with Gasteiger partial charge < -0.3 is 4.57 Å². The molecule has 0 saturated heterocycles. The van der Waals surface area contributed by atoms with Gasteiger partial charge in [-0.3, -0.25) is 4.98 Å². The molecule has 0 radical (unpaired) electrons. The molecule has 2 aromatic heterocycles. The third kappa shape index (κ3) is 4.41. The maximum atomic E-state index is 13.4. The lowest BCUT2D eigenvalue weighted by Crippen LogP contribution is -2.39. The standard InChI is InChI=1S/C25H27N5O2S/c1-2-18-14-20(23-10-3-6-19-7-5-13-26-25(19)23)11-12-24(18)33(31,32)29-21-8-4-9-22(15-21)30-16-27-28-17-30/h3,5-7,10-14,16-17,21-22,29H,2,4,8-9,15H2,1H3. The summed E-state index contributed by atoms with van der Waals surface area (Å²) in [7, 11) is -3.64. The van der Waals surface area contributed by atoms with Gasteiger partial charge in [-0.25, -0.2) is 13.1 Å². The molecule has 2 atom stereocenters. The number of benzene rings is 2. The van der Waals surface area contributed by atoms with Crippen molar-refractivity contribution in [3.8, 4) is 11.1 Å². The second-order valence-electron chi connectivity index (χ2n) is 8.60. The Morgan fingerprint density at radius 3 is 2.70 bits per heavy atom. The first-order valence-corrected chi connectivity index (χ1v) is 12.9. The van der Waals surface area contributed by atoms with Crippen molar-refractivity contribution < 1.29 is 8.42 Å². The molecule has 2 unspecified atom stereocenters. The highest BCUT2D eigenvalue weighted by Gasteiger charge is 2.28. The Kier molecular flexibility index (Phi) is 5.95. The molecule has 1 N–H and O–H groups in total. The van der Waals surface area contributed by atoms with Gasteiger partial charge in [0.2, 0.25) is 10.0 Å². The van der Waals surface area contributed by atoms with Gasteiger partial charge in [0.05, 0.1) is 10.4 Å². The van der Waals surface area contributed by atoms with Crippen LogP contribution in [0.15, 0.2) is 72.3 Å². The molecule has 1 aliphatic carbocycles. The van der Waals surface area contributed by atoms with E-state index < -0.39 is 10.0 Å². The van der Waals surface area contributed by atoms with Gasteiger partial charge in [0.1, 0.15) is 12.7 Å². The van der Waals surface area contributed by atoms with Gasteiger partial charge in [0.25, 0.3) is 0 Å². The van der Waals surface area contributed by atoms with Gasteiger partial charge in [-0.05, 0) is 61.4 Å². The highest BCUT2D eigenvalue weighted by atomic mass is 32.2. The zero-order chi connectivity index (χ0) is 22.8. The van der Waals surface area contributed by atoms with E-state index in [4.69, 9.17) is 0 Å². The minimum Gasteiger partial charge on any atom is -0.317 e. The first kappa shape index (κ1) is 21.7. The first-order chi connectivity index (χ1) is 16.0. The molecule has 0 bridgehead atoms. The Bertz CT molecular complexity index is 1360. The first-order valence-electron chi connectivity index (χ1n) is 11.4. The molecule has 2 heterocycles. The Labute approximate surface area is 193 Å². The largest absolute Gasteiger partial charge is 0.317 e. The fraction of sp³-hybridized carbons (Fsp3) is 0.320. The quantitative estimate of drug-likeness (QED) is 0.456. The van der Waals surface area contributed by atoms with Crippen molar-refractivity contribution in [2.45, 2.75) is 56.0 Å². The number of fused-ring (bicyclic) bond motifs is 1. The van der Waals surface area contributed by atoms with Crippen molar-refractivity contribution in [3.63, 3.8) is 0 Å². The third-order valence-electron chi connectivity index (χ3n) is 6.50. The zero-order valence-corrected chi connectivity index (χ0v) is 19.4. The van der Waals surface area contributed by atoms with E-state index >= 15 is 0 Å². The zero-order valence-electron chi connectivity index (χ0n) is 18.6. The van der Waals surface area contributed by atoms with E-state index in [2.05, 4.69) is 19.9 Å². The average molecular weight is 462 g/mol.